The van der Waals surface area contributed by atoms with Crippen molar-refractivity contribution in [1.82, 2.24) is 9.88 Å². The highest BCUT2D eigenvalue weighted by Gasteiger charge is 2.27. The monoisotopic (exact) mass is 370 g/mol. The molecule has 5 nitrogen and oxygen atoms in total. The van der Waals surface area contributed by atoms with Gasteiger partial charge in [0.25, 0.3) is 5.91 Å². The predicted molar refractivity (Wildman–Crippen MR) is 107 cm³/mol. The molecule has 1 heterocycles. The van der Waals surface area contributed by atoms with E-state index in [1.165, 1.54) is 5.56 Å². The van der Waals surface area contributed by atoms with Crippen LogP contribution >= 0.6 is 0 Å². The maximum Gasteiger partial charge on any atom is 0.355 e. The maximum atomic E-state index is 12.9. The molecule has 0 aliphatic carbocycles. The molecule has 1 aromatic carbocycles. The van der Waals surface area contributed by atoms with Gasteiger partial charge in [-0.15, -0.1) is 0 Å². The first-order valence-corrected chi connectivity index (χ1v) is 9.62. The zero-order valence-corrected chi connectivity index (χ0v) is 17.0. The molecule has 2 aromatic rings. The number of hydrogen-bond donors (Lipinski definition) is 1. The van der Waals surface area contributed by atoms with Crippen LogP contribution < -0.4 is 5.32 Å². The molecule has 2 rings (SSSR count). The fourth-order valence-electron chi connectivity index (χ4n) is 3.48. The van der Waals surface area contributed by atoms with Crippen molar-refractivity contribution >= 4 is 11.9 Å². The van der Waals surface area contributed by atoms with Crippen molar-refractivity contribution in [2.45, 2.75) is 60.0 Å². The van der Waals surface area contributed by atoms with Crippen LogP contribution in [0.3, 0.4) is 0 Å². The van der Waals surface area contributed by atoms with E-state index in [4.69, 9.17) is 4.74 Å². The second-order valence-corrected chi connectivity index (χ2v) is 6.80. The molecule has 27 heavy (non-hydrogen) atoms. The van der Waals surface area contributed by atoms with Crippen LogP contribution in [0, 0.1) is 13.8 Å². The molecule has 0 spiro atoms. The highest BCUT2D eigenvalue weighted by molar-refractivity contribution is 6.01. The molecule has 0 aliphatic heterocycles. The molecule has 1 aromatic heterocycles. The van der Waals surface area contributed by atoms with E-state index in [-0.39, 0.29) is 17.9 Å². The number of carbonyl (C=O) groups excluding carboxylic acids is 2. The van der Waals surface area contributed by atoms with Crippen molar-refractivity contribution in [2.75, 3.05) is 6.61 Å². The fraction of sp³-hybridized carbons (Fsp3) is 0.455. The number of esters is 1. The van der Waals surface area contributed by atoms with Gasteiger partial charge in [-0.25, -0.2) is 4.79 Å². The number of nitrogens with one attached hydrogen (secondary N) is 1. The summed E-state index contributed by atoms with van der Waals surface area (Å²) in [6.45, 7) is 10.4. The van der Waals surface area contributed by atoms with E-state index in [2.05, 4.69) is 17.4 Å². The molecule has 0 saturated carbocycles. The van der Waals surface area contributed by atoms with E-state index in [0.29, 0.717) is 30.0 Å². The minimum absolute atomic E-state index is 0.0347. The molecule has 5 heteroatoms. The summed E-state index contributed by atoms with van der Waals surface area (Å²) >= 11 is 0. The molecule has 1 atom stereocenters. The standard InChI is InChI=1S/C22H30N2O3/c1-6-24-17(5)19(16(4)20(24)22(26)27-7-2)21(25)23-15(3)13-14-18-11-9-8-10-12-18/h8-12,15H,6-7,13-14H2,1-5H3,(H,23,25)/t15-/m0/s1. The molecule has 0 unspecified atom stereocenters. The van der Waals surface area contributed by atoms with E-state index in [1.807, 2.05) is 50.5 Å². The number of amides is 1. The van der Waals surface area contributed by atoms with Crippen LogP contribution in [0.2, 0.25) is 0 Å². The molecular weight excluding hydrogens is 340 g/mol. The van der Waals surface area contributed by atoms with Crippen LogP contribution in [0.4, 0.5) is 0 Å². The Kier molecular flexibility index (Phi) is 7.22. The van der Waals surface area contributed by atoms with E-state index in [0.717, 1.165) is 18.5 Å². The smallest absolute Gasteiger partial charge is 0.355 e. The second-order valence-electron chi connectivity index (χ2n) is 6.80. The minimum Gasteiger partial charge on any atom is -0.461 e. The Balaban J connectivity index is 2.14. The molecular formula is C22H30N2O3. The number of aryl methyl sites for hydroxylation is 1. The second kappa shape index (κ2) is 9.40. The van der Waals surface area contributed by atoms with Gasteiger partial charge in [-0.3, -0.25) is 4.79 Å². The first-order chi connectivity index (χ1) is 12.9. The van der Waals surface area contributed by atoms with Gasteiger partial charge >= 0.3 is 5.97 Å². The third kappa shape index (κ3) is 4.79. The summed E-state index contributed by atoms with van der Waals surface area (Å²) in [5.74, 6) is -0.514. The van der Waals surface area contributed by atoms with Gasteiger partial charge in [-0.1, -0.05) is 30.3 Å². The van der Waals surface area contributed by atoms with Crippen molar-refractivity contribution in [3.63, 3.8) is 0 Å². The number of benzene rings is 1. The van der Waals surface area contributed by atoms with Crippen LogP contribution in [0.5, 0.6) is 0 Å². The number of ether oxygens (including phenoxy) is 1. The molecule has 0 aliphatic rings. The van der Waals surface area contributed by atoms with Crippen molar-refractivity contribution < 1.29 is 14.3 Å². The number of nitrogens with zero attached hydrogens (tertiary/aromatic N) is 1. The lowest BCUT2D eigenvalue weighted by molar-refractivity contribution is 0.0512. The summed E-state index contributed by atoms with van der Waals surface area (Å²) in [6, 6.07) is 10.3. The van der Waals surface area contributed by atoms with Crippen molar-refractivity contribution in [1.29, 1.82) is 0 Å². The van der Waals surface area contributed by atoms with Gasteiger partial charge in [-0.05, 0) is 58.6 Å². The van der Waals surface area contributed by atoms with Crippen molar-refractivity contribution in [3.05, 3.63) is 58.4 Å². The molecule has 0 fully saturated rings. The van der Waals surface area contributed by atoms with Gasteiger partial charge in [0.1, 0.15) is 5.69 Å². The Morgan fingerprint density at radius 2 is 1.81 bits per heavy atom. The van der Waals surface area contributed by atoms with Crippen molar-refractivity contribution in [2.24, 2.45) is 0 Å². The molecule has 1 amide bonds. The largest absolute Gasteiger partial charge is 0.461 e. The molecule has 0 saturated heterocycles. The van der Waals surface area contributed by atoms with Crippen LogP contribution in [-0.2, 0) is 17.7 Å². The zero-order chi connectivity index (χ0) is 20.0. The summed E-state index contributed by atoms with van der Waals surface area (Å²) in [5.41, 5.74) is 3.78. The maximum absolute atomic E-state index is 12.9. The number of carbonyl (C=O) groups is 2. The Bertz CT molecular complexity index is 794. The van der Waals surface area contributed by atoms with Gasteiger partial charge in [0.05, 0.1) is 12.2 Å². The number of rotatable bonds is 8. The van der Waals surface area contributed by atoms with Gasteiger partial charge < -0.3 is 14.6 Å². The third-order valence-electron chi connectivity index (χ3n) is 4.87. The van der Waals surface area contributed by atoms with Crippen LogP contribution in [0.1, 0.15) is 64.9 Å². The van der Waals surface area contributed by atoms with Gasteiger partial charge in [0, 0.05) is 18.3 Å². The molecule has 0 radical (unpaired) electrons. The lowest BCUT2D eigenvalue weighted by Gasteiger charge is -2.14. The van der Waals surface area contributed by atoms with Crippen LogP contribution in [-0.4, -0.2) is 29.1 Å². The minimum atomic E-state index is -0.379. The first-order valence-electron chi connectivity index (χ1n) is 9.62. The molecule has 0 bridgehead atoms. The van der Waals surface area contributed by atoms with E-state index in [9.17, 15) is 9.59 Å². The SMILES string of the molecule is CCOC(=O)c1c(C)c(C(=O)N[C@@H](C)CCc2ccccc2)c(C)n1CC. The van der Waals surface area contributed by atoms with Crippen molar-refractivity contribution in [3.8, 4) is 0 Å². The fourth-order valence-corrected chi connectivity index (χ4v) is 3.48. The lowest BCUT2D eigenvalue weighted by Crippen LogP contribution is -2.33. The predicted octanol–water partition coefficient (Wildman–Crippen LogP) is 4.05. The van der Waals surface area contributed by atoms with E-state index >= 15 is 0 Å². The summed E-state index contributed by atoms with van der Waals surface area (Å²) in [7, 11) is 0. The normalized spacial score (nSPS) is 11.9. The summed E-state index contributed by atoms with van der Waals surface area (Å²) < 4.78 is 7.03. The topological polar surface area (TPSA) is 60.3 Å². The van der Waals surface area contributed by atoms with Crippen LogP contribution in [0.15, 0.2) is 30.3 Å². The van der Waals surface area contributed by atoms with Gasteiger partial charge in [0.2, 0.25) is 0 Å². The quantitative estimate of drug-likeness (QED) is 0.713. The Morgan fingerprint density at radius 1 is 1.15 bits per heavy atom. The Hall–Kier alpha value is -2.56. The zero-order valence-electron chi connectivity index (χ0n) is 17.0. The first kappa shape index (κ1) is 20.7. The number of aromatic nitrogens is 1. The third-order valence-corrected chi connectivity index (χ3v) is 4.87. The Morgan fingerprint density at radius 3 is 2.41 bits per heavy atom. The summed E-state index contributed by atoms with van der Waals surface area (Å²) in [4.78, 5) is 25.2. The average Bonchev–Trinajstić information content (AvgIpc) is 2.90. The van der Waals surface area contributed by atoms with Gasteiger partial charge in [-0.2, -0.15) is 0 Å². The highest BCUT2D eigenvalue weighted by atomic mass is 16.5. The average molecular weight is 370 g/mol. The Labute approximate surface area is 161 Å². The van der Waals surface area contributed by atoms with E-state index in [1.54, 1.807) is 6.92 Å². The number of hydrogen-bond acceptors (Lipinski definition) is 3. The lowest BCUT2D eigenvalue weighted by atomic mass is 10.0. The van der Waals surface area contributed by atoms with E-state index < -0.39 is 0 Å². The summed E-state index contributed by atoms with van der Waals surface area (Å²) in [6.07, 6.45) is 1.76. The highest BCUT2D eigenvalue weighted by Crippen LogP contribution is 2.23. The molecule has 1 N–H and O–H groups in total. The van der Waals surface area contributed by atoms with Crippen LogP contribution in [0.25, 0.3) is 0 Å². The van der Waals surface area contributed by atoms with Gasteiger partial charge in [0.15, 0.2) is 0 Å². The molecule has 146 valence electrons. The summed E-state index contributed by atoms with van der Waals surface area (Å²) in [5, 5.41) is 3.08.